The summed E-state index contributed by atoms with van der Waals surface area (Å²) in [5, 5.41) is 4.24. The zero-order valence-electron chi connectivity index (χ0n) is 18.3. The van der Waals surface area contributed by atoms with Gasteiger partial charge in [-0.3, -0.25) is 4.79 Å². The Morgan fingerprint density at radius 3 is 2.94 bits per heavy atom. The molecule has 1 aliphatic heterocycles. The summed E-state index contributed by atoms with van der Waals surface area (Å²) in [5.41, 5.74) is 2.31. The Morgan fingerprint density at radius 2 is 2.13 bits per heavy atom. The lowest BCUT2D eigenvalue weighted by Gasteiger charge is -2.32. The predicted molar refractivity (Wildman–Crippen MR) is 128 cm³/mol. The summed E-state index contributed by atoms with van der Waals surface area (Å²) in [6, 6.07) is 16.7. The van der Waals surface area contributed by atoms with Crippen molar-refractivity contribution in [3.63, 3.8) is 0 Å². The number of amides is 1. The number of ether oxygens (including phenoxy) is 1. The number of nitrogens with one attached hydrogen (secondary N) is 1. The molecule has 2 unspecified atom stereocenters. The minimum atomic E-state index is 0.0129. The largest absolute Gasteiger partial charge is 0.494 e. The fourth-order valence-corrected chi connectivity index (χ4v) is 5.14. The molecular weight excluding hydrogens is 406 g/mol. The molecule has 1 aliphatic rings. The van der Waals surface area contributed by atoms with E-state index in [2.05, 4.69) is 47.5 Å². The van der Waals surface area contributed by atoms with E-state index in [0.717, 1.165) is 59.9 Å². The van der Waals surface area contributed by atoms with Gasteiger partial charge >= 0.3 is 0 Å². The van der Waals surface area contributed by atoms with Gasteiger partial charge in [0.25, 0.3) is 0 Å². The van der Waals surface area contributed by atoms with E-state index in [0.29, 0.717) is 6.61 Å². The summed E-state index contributed by atoms with van der Waals surface area (Å²) in [6.45, 7) is 6.43. The lowest BCUT2D eigenvalue weighted by Crippen LogP contribution is -2.45. The zero-order chi connectivity index (χ0) is 21.6. The fourth-order valence-electron chi connectivity index (χ4n) is 4.11. The summed E-state index contributed by atoms with van der Waals surface area (Å²) in [6.07, 6.45) is 3.88. The average Bonchev–Trinajstić information content (AvgIpc) is 3.22. The van der Waals surface area contributed by atoms with Gasteiger partial charge in [0.05, 0.1) is 22.7 Å². The molecule has 1 N–H and O–H groups in total. The van der Waals surface area contributed by atoms with Gasteiger partial charge in [-0.2, -0.15) is 0 Å². The fraction of sp³-hybridized carbons (Fsp3) is 0.440. The van der Waals surface area contributed by atoms with Crippen molar-refractivity contribution in [2.24, 2.45) is 5.92 Å². The molecule has 6 heteroatoms. The van der Waals surface area contributed by atoms with E-state index in [9.17, 15) is 4.79 Å². The molecule has 1 saturated heterocycles. The molecule has 0 saturated carbocycles. The van der Waals surface area contributed by atoms with Crippen LogP contribution in [0.2, 0.25) is 0 Å². The standard InChI is InChI=1S/C25H31N3O2S/c1-3-30-21-13-14-22-23(16-21)31-25(27-22)28-15-7-10-20(17-28)24(29)26-18(2)11-12-19-8-5-4-6-9-19/h4-6,8-9,13-14,16,18,20H,3,7,10-12,15,17H2,1-2H3,(H,26,29). The van der Waals surface area contributed by atoms with Crippen LogP contribution < -0.4 is 15.0 Å². The highest BCUT2D eigenvalue weighted by Crippen LogP contribution is 2.33. The van der Waals surface area contributed by atoms with Crippen LogP contribution >= 0.6 is 11.3 Å². The maximum Gasteiger partial charge on any atom is 0.225 e. The first kappa shape index (κ1) is 21.6. The SMILES string of the molecule is CCOc1ccc2nc(N3CCCC(C(=O)NC(C)CCc4ccccc4)C3)sc2c1. The van der Waals surface area contributed by atoms with Crippen LogP contribution in [-0.4, -0.2) is 36.6 Å². The van der Waals surface area contributed by atoms with Gasteiger partial charge in [-0.15, -0.1) is 0 Å². The van der Waals surface area contributed by atoms with Crippen molar-refractivity contribution in [2.75, 3.05) is 24.6 Å². The molecule has 1 aromatic heterocycles. The van der Waals surface area contributed by atoms with Crippen molar-refractivity contribution < 1.29 is 9.53 Å². The van der Waals surface area contributed by atoms with Crippen LogP contribution in [0.4, 0.5) is 5.13 Å². The van der Waals surface area contributed by atoms with Gasteiger partial charge in [0.15, 0.2) is 5.13 Å². The van der Waals surface area contributed by atoms with Crippen LogP contribution in [-0.2, 0) is 11.2 Å². The Hall–Kier alpha value is -2.60. The van der Waals surface area contributed by atoms with E-state index >= 15 is 0 Å². The average molecular weight is 438 g/mol. The summed E-state index contributed by atoms with van der Waals surface area (Å²) in [7, 11) is 0. The van der Waals surface area contributed by atoms with Crippen molar-refractivity contribution >= 4 is 32.6 Å². The number of carbonyl (C=O) groups excluding carboxylic acids is 1. The van der Waals surface area contributed by atoms with Crippen LogP contribution in [0, 0.1) is 5.92 Å². The molecule has 0 spiro atoms. The molecule has 1 amide bonds. The minimum absolute atomic E-state index is 0.0129. The Kier molecular flexibility index (Phi) is 7.07. The predicted octanol–water partition coefficient (Wildman–Crippen LogP) is 5.05. The van der Waals surface area contributed by atoms with Gasteiger partial charge < -0.3 is 15.0 Å². The first-order chi connectivity index (χ1) is 15.1. The highest BCUT2D eigenvalue weighted by atomic mass is 32.1. The molecule has 164 valence electrons. The molecule has 2 aromatic carbocycles. The Morgan fingerprint density at radius 1 is 1.29 bits per heavy atom. The second-order valence-corrected chi connectivity index (χ2v) is 9.29. The summed E-state index contributed by atoms with van der Waals surface area (Å²) >= 11 is 1.68. The molecular formula is C25H31N3O2S. The van der Waals surface area contributed by atoms with Gasteiger partial charge in [-0.05, 0) is 63.3 Å². The first-order valence-corrected chi connectivity index (χ1v) is 12.1. The number of carbonyl (C=O) groups is 1. The molecule has 1 fully saturated rings. The van der Waals surface area contributed by atoms with Crippen LogP contribution in [0.1, 0.15) is 38.7 Å². The van der Waals surface area contributed by atoms with E-state index in [1.54, 1.807) is 11.3 Å². The smallest absolute Gasteiger partial charge is 0.225 e. The summed E-state index contributed by atoms with van der Waals surface area (Å²) < 4.78 is 6.74. The number of thiazole rings is 1. The number of hydrogen-bond acceptors (Lipinski definition) is 5. The highest BCUT2D eigenvalue weighted by Gasteiger charge is 2.28. The summed E-state index contributed by atoms with van der Waals surface area (Å²) in [5.74, 6) is 1.06. The molecule has 2 atom stereocenters. The topological polar surface area (TPSA) is 54.5 Å². The Balaban J connectivity index is 1.34. The summed E-state index contributed by atoms with van der Waals surface area (Å²) in [4.78, 5) is 20.0. The highest BCUT2D eigenvalue weighted by molar-refractivity contribution is 7.22. The molecule has 4 rings (SSSR count). The number of aryl methyl sites for hydroxylation is 1. The second-order valence-electron chi connectivity index (χ2n) is 8.28. The number of nitrogens with zero attached hydrogens (tertiary/aromatic N) is 2. The molecule has 0 aliphatic carbocycles. The second kappa shape index (κ2) is 10.1. The van der Waals surface area contributed by atoms with Crippen molar-refractivity contribution in [1.29, 1.82) is 0 Å². The number of anilines is 1. The first-order valence-electron chi connectivity index (χ1n) is 11.2. The molecule has 2 heterocycles. The van der Waals surface area contributed by atoms with Crippen molar-refractivity contribution in [1.82, 2.24) is 10.3 Å². The monoisotopic (exact) mass is 437 g/mol. The molecule has 0 radical (unpaired) electrons. The zero-order valence-corrected chi connectivity index (χ0v) is 19.2. The molecule has 31 heavy (non-hydrogen) atoms. The Labute approximate surface area is 188 Å². The normalized spacial score (nSPS) is 17.5. The lowest BCUT2D eigenvalue weighted by molar-refractivity contribution is -0.125. The maximum absolute atomic E-state index is 12.9. The van der Waals surface area contributed by atoms with E-state index in [4.69, 9.17) is 9.72 Å². The van der Waals surface area contributed by atoms with Gasteiger partial charge in [-0.25, -0.2) is 4.98 Å². The number of aromatic nitrogens is 1. The Bertz CT molecular complexity index is 1000. The maximum atomic E-state index is 12.9. The number of rotatable bonds is 8. The van der Waals surface area contributed by atoms with Crippen LogP contribution in [0.15, 0.2) is 48.5 Å². The molecule has 0 bridgehead atoms. The number of benzene rings is 2. The third kappa shape index (κ3) is 5.56. The van der Waals surface area contributed by atoms with E-state index < -0.39 is 0 Å². The van der Waals surface area contributed by atoms with E-state index in [1.165, 1.54) is 5.56 Å². The van der Waals surface area contributed by atoms with Gasteiger partial charge in [-0.1, -0.05) is 41.7 Å². The lowest BCUT2D eigenvalue weighted by atomic mass is 9.96. The number of piperidine rings is 1. The van der Waals surface area contributed by atoms with Gasteiger partial charge in [0, 0.05) is 19.1 Å². The number of hydrogen-bond donors (Lipinski definition) is 1. The number of fused-ring (bicyclic) bond motifs is 1. The van der Waals surface area contributed by atoms with E-state index in [-0.39, 0.29) is 17.9 Å². The van der Waals surface area contributed by atoms with Crippen molar-refractivity contribution in [3.05, 3.63) is 54.1 Å². The van der Waals surface area contributed by atoms with Crippen molar-refractivity contribution in [3.8, 4) is 5.75 Å². The van der Waals surface area contributed by atoms with Crippen LogP contribution in [0.5, 0.6) is 5.75 Å². The van der Waals surface area contributed by atoms with Gasteiger partial charge in [0.1, 0.15) is 5.75 Å². The van der Waals surface area contributed by atoms with Crippen LogP contribution in [0.25, 0.3) is 10.2 Å². The van der Waals surface area contributed by atoms with Crippen LogP contribution in [0.3, 0.4) is 0 Å². The third-order valence-corrected chi connectivity index (χ3v) is 6.90. The van der Waals surface area contributed by atoms with Gasteiger partial charge in [0.2, 0.25) is 5.91 Å². The minimum Gasteiger partial charge on any atom is -0.494 e. The quantitative estimate of drug-likeness (QED) is 0.536. The molecule has 5 nitrogen and oxygen atoms in total. The molecule has 3 aromatic rings. The third-order valence-electron chi connectivity index (χ3n) is 5.82. The van der Waals surface area contributed by atoms with Crippen molar-refractivity contribution in [2.45, 2.75) is 45.6 Å². The van der Waals surface area contributed by atoms with E-state index in [1.807, 2.05) is 25.1 Å².